The molecular weight excluding hydrogens is 675 g/mol. The van der Waals surface area contributed by atoms with Gasteiger partial charge in [0.15, 0.2) is 23.9 Å². The van der Waals surface area contributed by atoms with Crippen LogP contribution in [0.4, 0.5) is 10.2 Å². The van der Waals surface area contributed by atoms with E-state index in [1.54, 1.807) is 22.9 Å². The zero-order valence-corrected chi connectivity index (χ0v) is 26.5. The Morgan fingerprint density at radius 1 is 1.04 bits per heavy atom. The highest BCUT2D eigenvalue weighted by Gasteiger charge is 2.51. The van der Waals surface area contributed by atoms with Crippen LogP contribution in [0.5, 0.6) is 0 Å². The van der Waals surface area contributed by atoms with E-state index < -0.39 is 50.9 Å². The van der Waals surface area contributed by atoms with Crippen molar-refractivity contribution < 1.29 is 42.1 Å². The van der Waals surface area contributed by atoms with Gasteiger partial charge in [0.1, 0.15) is 35.8 Å². The number of ether oxygens (including phenoxy) is 1. The summed E-state index contributed by atoms with van der Waals surface area (Å²) in [5.74, 6) is -0.495. The molecule has 3 unspecified atom stereocenters. The minimum atomic E-state index is -4.03. The average molecular weight is 704 g/mol. The number of nitrogens with zero attached hydrogens (tertiary/aromatic N) is 7. The quantitative estimate of drug-likeness (QED) is 0.148. The van der Waals surface area contributed by atoms with Crippen LogP contribution in [0.3, 0.4) is 0 Å². The molecule has 0 spiro atoms. The smallest absolute Gasteiger partial charge is 0.324 e. The molecule has 7 N–H and O–H groups in total. The van der Waals surface area contributed by atoms with Gasteiger partial charge in [-0.3, -0.25) is 9.09 Å². The van der Waals surface area contributed by atoms with Crippen molar-refractivity contribution in [3.05, 3.63) is 36.4 Å². The predicted molar refractivity (Wildman–Crippen MR) is 162 cm³/mol. The van der Waals surface area contributed by atoms with Crippen molar-refractivity contribution in [3.8, 4) is 0 Å². The Balaban J connectivity index is 1.13. The van der Waals surface area contributed by atoms with Crippen molar-refractivity contribution in [1.82, 2.24) is 34.5 Å². The number of nitrogens with two attached hydrogens (primary N) is 2. The summed E-state index contributed by atoms with van der Waals surface area (Å²) in [6.07, 6.45) is -4.17. The second-order valence-corrected chi connectivity index (χ2v) is 16.5. The van der Waals surface area contributed by atoms with Crippen LogP contribution in [0.2, 0.25) is 0 Å². The molecule has 3 aromatic heterocycles. The SMILES string of the molecule is Nc1ncnc2c1ncn2[C@@H]1O[C@@H]2COP(O)(=S)OC[C@@H]3[C@@H](COP(O)(=S)O[C@H]2[C@H]1F)C[C@H]3n1nnc2c(C(N)O)cccc21. The van der Waals surface area contributed by atoms with Gasteiger partial charge in [-0.25, -0.2) is 24.0 Å². The fraction of sp³-hybridized carbons (Fsp3) is 0.522. The molecule has 45 heavy (non-hydrogen) atoms. The third kappa shape index (κ3) is 5.82. The Hall–Kier alpha value is -2.16. The Bertz CT molecular complexity index is 1850. The van der Waals surface area contributed by atoms with Gasteiger partial charge in [-0.1, -0.05) is 17.3 Å². The molecule has 1 aromatic carbocycles. The molecular formula is C23H28FN9O8P2S2. The number of imidazole rings is 1. The summed E-state index contributed by atoms with van der Waals surface area (Å²) in [4.78, 5) is 34.1. The Kier molecular flexibility index (Phi) is 8.26. The summed E-state index contributed by atoms with van der Waals surface area (Å²) in [6.45, 7) is -8.48. The number of aliphatic hydroxyl groups excluding tert-OH is 1. The van der Waals surface area contributed by atoms with Gasteiger partial charge >= 0.3 is 13.4 Å². The molecule has 0 bridgehead atoms. The fourth-order valence-electron chi connectivity index (χ4n) is 5.96. The lowest BCUT2D eigenvalue weighted by molar-refractivity contribution is -0.0427. The molecule has 17 nitrogen and oxygen atoms in total. The molecule has 10 atom stereocenters. The second-order valence-electron chi connectivity index (χ2n) is 10.9. The van der Waals surface area contributed by atoms with Crippen molar-refractivity contribution in [3.63, 3.8) is 0 Å². The standard InChI is InChI=1S/C23H28FN9O8P2S2/c24-16-19-15(40-23(16)32-9-29-18-20(25)27-8-28-22(18)32)7-39-42(35,44)38-6-12-10(5-37-43(36,45)41-19)4-14(12)33-13-3-1-2-11(21(26)34)17(13)30-31-33/h1-3,8-10,12,14-16,19,21,23,34H,4-7,26H2,(H,35,44)(H,36,45)(H2,25,27,28)/t10-,12-,14-,15-,16-,19-,21?,23-,42?,43?/m1/s1. The summed E-state index contributed by atoms with van der Waals surface area (Å²) < 4.78 is 47.7. The summed E-state index contributed by atoms with van der Waals surface area (Å²) >= 11 is 10.6. The first-order valence-corrected chi connectivity index (χ1v) is 18.9. The first kappa shape index (κ1) is 31.4. The van der Waals surface area contributed by atoms with Gasteiger partial charge in [-0.2, -0.15) is 0 Å². The Labute approximate surface area is 264 Å². The van der Waals surface area contributed by atoms with Crippen LogP contribution in [-0.4, -0.2) is 87.6 Å². The predicted octanol–water partition coefficient (Wildman–Crippen LogP) is 1.10. The molecule has 3 fully saturated rings. The van der Waals surface area contributed by atoms with E-state index in [1.807, 2.05) is 0 Å². The average Bonchev–Trinajstić information content (AvgIpc) is 3.67. The molecule has 4 aromatic rings. The van der Waals surface area contributed by atoms with Crippen LogP contribution in [-0.2, 0) is 46.4 Å². The molecule has 3 aliphatic rings. The van der Waals surface area contributed by atoms with E-state index in [1.165, 1.54) is 17.2 Å². The van der Waals surface area contributed by atoms with Gasteiger partial charge in [0.05, 0.1) is 37.7 Å². The number of rotatable bonds is 3. The van der Waals surface area contributed by atoms with E-state index in [9.17, 15) is 14.9 Å². The number of alkyl halides is 1. The Morgan fingerprint density at radius 3 is 2.62 bits per heavy atom. The van der Waals surface area contributed by atoms with Crippen LogP contribution in [0.1, 0.15) is 30.5 Å². The maximum atomic E-state index is 16.1. The summed E-state index contributed by atoms with van der Waals surface area (Å²) in [5, 5.41) is 18.4. The number of anilines is 1. The monoisotopic (exact) mass is 703 g/mol. The van der Waals surface area contributed by atoms with E-state index in [4.69, 9.17) is 57.9 Å². The highest BCUT2D eigenvalue weighted by molar-refractivity contribution is 8.07. The van der Waals surface area contributed by atoms with Crippen LogP contribution >= 0.6 is 13.4 Å². The lowest BCUT2D eigenvalue weighted by Crippen LogP contribution is -2.43. The largest absolute Gasteiger partial charge is 0.382 e. The van der Waals surface area contributed by atoms with Gasteiger partial charge in [-0.15, -0.1) is 5.10 Å². The summed E-state index contributed by atoms with van der Waals surface area (Å²) in [7, 11) is 0. The van der Waals surface area contributed by atoms with Crippen molar-refractivity contribution in [1.29, 1.82) is 0 Å². The molecule has 1 aliphatic carbocycles. The maximum absolute atomic E-state index is 16.1. The van der Waals surface area contributed by atoms with Crippen LogP contribution < -0.4 is 11.5 Å². The van der Waals surface area contributed by atoms with Gasteiger partial charge in [-0.05, 0) is 42.0 Å². The molecule has 0 amide bonds. The summed E-state index contributed by atoms with van der Waals surface area (Å²) in [6, 6.07) is 4.89. The van der Waals surface area contributed by atoms with Crippen molar-refractivity contribution >= 4 is 65.1 Å². The minimum absolute atomic E-state index is 0.0617. The van der Waals surface area contributed by atoms with Gasteiger partial charge in [0, 0.05) is 11.5 Å². The van der Waals surface area contributed by atoms with Crippen molar-refractivity contribution in [2.45, 2.75) is 43.3 Å². The van der Waals surface area contributed by atoms with E-state index in [0.29, 0.717) is 23.0 Å². The number of hydrogen-bond acceptors (Lipinski definition) is 15. The topological polar surface area (TPSA) is 233 Å². The van der Waals surface area contributed by atoms with Gasteiger partial charge in [0.25, 0.3) is 0 Å². The maximum Gasteiger partial charge on any atom is 0.324 e. The van der Waals surface area contributed by atoms with Crippen LogP contribution in [0.15, 0.2) is 30.9 Å². The summed E-state index contributed by atoms with van der Waals surface area (Å²) in [5.41, 5.74) is 13.5. The molecule has 0 radical (unpaired) electrons. The van der Waals surface area contributed by atoms with Gasteiger partial charge in [0.2, 0.25) is 0 Å². The zero-order chi connectivity index (χ0) is 31.7. The normalized spacial score (nSPS) is 36.8. The van der Waals surface area contributed by atoms with Crippen LogP contribution in [0, 0.1) is 11.8 Å². The van der Waals surface area contributed by atoms with E-state index in [0.717, 1.165) is 0 Å². The second kappa shape index (κ2) is 11.8. The van der Waals surface area contributed by atoms with Crippen molar-refractivity contribution in [2.75, 3.05) is 25.6 Å². The molecule has 7 rings (SSSR count). The lowest BCUT2D eigenvalue weighted by atomic mass is 9.70. The number of fused-ring (bicyclic) bond motifs is 4. The number of aliphatic hydroxyl groups is 1. The van der Waals surface area contributed by atoms with E-state index in [-0.39, 0.29) is 48.1 Å². The first-order valence-electron chi connectivity index (χ1n) is 13.7. The molecule has 5 heterocycles. The van der Waals surface area contributed by atoms with Crippen molar-refractivity contribution in [2.24, 2.45) is 17.6 Å². The third-order valence-corrected chi connectivity index (χ3v) is 11.4. The van der Waals surface area contributed by atoms with E-state index in [2.05, 4.69) is 25.3 Å². The highest BCUT2D eigenvalue weighted by atomic mass is 32.5. The number of benzene rings is 1. The first-order chi connectivity index (χ1) is 21.4. The van der Waals surface area contributed by atoms with E-state index >= 15 is 4.39 Å². The fourth-order valence-corrected chi connectivity index (χ4v) is 8.58. The number of aromatic nitrogens is 7. The number of hydrogen-bond donors (Lipinski definition) is 5. The molecule has 242 valence electrons. The minimum Gasteiger partial charge on any atom is -0.382 e. The molecule has 2 aliphatic heterocycles. The third-order valence-electron chi connectivity index (χ3n) is 8.28. The van der Waals surface area contributed by atoms with Crippen LogP contribution in [0.25, 0.3) is 22.2 Å². The zero-order valence-electron chi connectivity index (χ0n) is 23.1. The number of nitrogen functional groups attached to an aromatic ring is 1. The van der Waals surface area contributed by atoms with Gasteiger partial charge < -0.3 is 44.7 Å². The lowest BCUT2D eigenvalue weighted by Gasteiger charge is -2.44. The number of halogens is 1. The molecule has 22 heteroatoms. The highest BCUT2D eigenvalue weighted by Crippen LogP contribution is 2.55. The molecule has 2 saturated heterocycles. The Morgan fingerprint density at radius 2 is 1.82 bits per heavy atom. The molecule has 1 saturated carbocycles.